The minimum absolute atomic E-state index is 0.337. The normalized spacial score (nSPS) is 9.06. The van der Waals surface area contributed by atoms with Gasteiger partial charge in [-0.25, -0.2) is 0 Å². The van der Waals surface area contributed by atoms with Gasteiger partial charge in [-0.05, 0) is 6.42 Å². The molecule has 0 atom stereocenters. The number of carboxylic acid groups (broad SMARTS) is 1. The zero-order chi connectivity index (χ0) is 12.1. The Labute approximate surface area is 96.8 Å². The predicted molar refractivity (Wildman–Crippen MR) is 63.0 cm³/mol. The molecule has 16 heavy (non-hydrogen) atoms. The third-order valence-corrected chi connectivity index (χ3v) is 1.97. The minimum atomic E-state index is -0.670. The molecule has 90 valence electrons. The Morgan fingerprint density at radius 3 is 1.88 bits per heavy atom. The van der Waals surface area contributed by atoms with E-state index in [4.69, 9.17) is 5.11 Å². The summed E-state index contributed by atoms with van der Waals surface area (Å²) in [7, 11) is 0. The van der Waals surface area contributed by atoms with Crippen LogP contribution in [0.4, 0.5) is 0 Å². The summed E-state index contributed by atoms with van der Waals surface area (Å²) in [6.45, 7) is 2.15. The first-order valence-corrected chi connectivity index (χ1v) is 5.69. The maximum Gasteiger partial charge on any atom is 0.303 e. The molecular formula is C12H20N2O2. The van der Waals surface area contributed by atoms with Gasteiger partial charge >= 0.3 is 5.97 Å². The standard InChI is InChI=1S/C8H16O2.C4H4N2/c1-2-3-4-5-6-7-8(9)10;1-2-6-4-3-5-1/h2-7H2,1H3,(H,9,10);1-4H. The highest BCUT2D eigenvalue weighted by Gasteiger charge is 1.94. The van der Waals surface area contributed by atoms with E-state index in [1.54, 1.807) is 24.8 Å². The number of nitrogens with zero attached hydrogens (tertiary/aromatic N) is 2. The molecule has 0 unspecified atom stereocenters. The molecule has 0 bridgehead atoms. The molecule has 0 aliphatic rings. The fourth-order valence-electron chi connectivity index (χ4n) is 1.13. The number of unbranched alkanes of at least 4 members (excludes halogenated alkanes) is 4. The summed E-state index contributed by atoms with van der Waals surface area (Å²) in [4.78, 5) is 17.5. The van der Waals surface area contributed by atoms with Crippen LogP contribution in [0.15, 0.2) is 24.8 Å². The first kappa shape index (κ1) is 14.6. The van der Waals surface area contributed by atoms with Gasteiger partial charge in [-0.2, -0.15) is 0 Å². The first-order chi connectivity index (χ1) is 7.77. The van der Waals surface area contributed by atoms with Gasteiger partial charge in [-0.3, -0.25) is 14.8 Å². The highest BCUT2D eigenvalue weighted by Crippen LogP contribution is 2.04. The van der Waals surface area contributed by atoms with Crippen LogP contribution in [0.25, 0.3) is 0 Å². The monoisotopic (exact) mass is 224 g/mol. The van der Waals surface area contributed by atoms with E-state index in [-0.39, 0.29) is 0 Å². The quantitative estimate of drug-likeness (QED) is 0.754. The third-order valence-electron chi connectivity index (χ3n) is 1.97. The average molecular weight is 224 g/mol. The fourth-order valence-corrected chi connectivity index (χ4v) is 1.13. The molecule has 0 fully saturated rings. The Hall–Kier alpha value is -1.45. The highest BCUT2D eigenvalue weighted by atomic mass is 16.4. The summed E-state index contributed by atoms with van der Waals surface area (Å²) in [6.07, 6.45) is 12.4. The van der Waals surface area contributed by atoms with Crippen molar-refractivity contribution in [3.63, 3.8) is 0 Å². The molecule has 0 spiro atoms. The van der Waals surface area contributed by atoms with Crippen LogP contribution in [0.1, 0.15) is 45.4 Å². The summed E-state index contributed by atoms with van der Waals surface area (Å²) in [5.74, 6) is -0.670. The Kier molecular flexibility index (Phi) is 10.6. The smallest absolute Gasteiger partial charge is 0.303 e. The van der Waals surface area contributed by atoms with Crippen molar-refractivity contribution in [2.24, 2.45) is 0 Å². The zero-order valence-corrected chi connectivity index (χ0v) is 9.80. The molecule has 1 heterocycles. The van der Waals surface area contributed by atoms with Gasteiger partial charge < -0.3 is 5.11 Å². The molecular weight excluding hydrogens is 204 g/mol. The number of hydrogen-bond donors (Lipinski definition) is 1. The van der Waals surface area contributed by atoms with E-state index in [2.05, 4.69) is 16.9 Å². The van der Waals surface area contributed by atoms with Gasteiger partial charge in [0.15, 0.2) is 0 Å². The van der Waals surface area contributed by atoms with Gasteiger partial charge in [0.25, 0.3) is 0 Å². The van der Waals surface area contributed by atoms with Crippen molar-refractivity contribution in [2.75, 3.05) is 0 Å². The molecule has 4 nitrogen and oxygen atoms in total. The van der Waals surface area contributed by atoms with Crippen molar-refractivity contribution in [1.29, 1.82) is 0 Å². The molecule has 4 heteroatoms. The lowest BCUT2D eigenvalue weighted by Gasteiger charge is -1.95. The summed E-state index contributed by atoms with van der Waals surface area (Å²) in [5.41, 5.74) is 0. The Balaban J connectivity index is 0.000000315. The van der Waals surface area contributed by atoms with Crippen molar-refractivity contribution in [1.82, 2.24) is 9.97 Å². The van der Waals surface area contributed by atoms with Gasteiger partial charge in [-0.15, -0.1) is 0 Å². The molecule has 0 saturated heterocycles. The topological polar surface area (TPSA) is 63.1 Å². The maximum absolute atomic E-state index is 10.0. The van der Waals surface area contributed by atoms with Gasteiger partial charge in [0.05, 0.1) is 0 Å². The van der Waals surface area contributed by atoms with E-state index < -0.39 is 5.97 Å². The van der Waals surface area contributed by atoms with Crippen LogP contribution >= 0.6 is 0 Å². The van der Waals surface area contributed by atoms with Crippen molar-refractivity contribution >= 4 is 5.97 Å². The number of rotatable bonds is 6. The number of aromatic nitrogens is 2. The van der Waals surface area contributed by atoms with Gasteiger partial charge in [0, 0.05) is 31.2 Å². The summed E-state index contributed by atoms with van der Waals surface area (Å²) < 4.78 is 0. The molecule has 0 aliphatic carbocycles. The van der Waals surface area contributed by atoms with Crippen LogP contribution in [0, 0.1) is 0 Å². The lowest BCUT2D eigenvalue weighted by molar-refractivity contribution is -0.137. The molecule has 1 aromatic heterocycles. The SMILES string of the molecule is CCCCCCCC(=O)O.c1cnccn1. The van der Waals surface area contributed by atoms with Crippen LogP contribution < -0.4 is 0 Å². The molecule has 1 rings (SSSR count). The number of carbonyl (C=O) groups is 1. The van der Waals surface area contributed by atoms with Crippen LogP contribution in [-0.2, 0) is 4.79 Å². The Morgan fingerprint density at radius 1 is 1.00 bits per heavy atom. The van der Waals surface area contributed by atoms with E-state index in [9.17, 15) is 4.79 Å². The Bertz CT molecular complexity index is 226. The summed E-state index contributed by atoms with van der Waals surface area (Å²) in [5, 5.41) is 8.27. The van der Waals surface area contributed by atoms with E-state index >= 15 is 0 Å². The number of carboxylic acids is 1. The second-order valence-electron chi connectivity index (χ2n) is 3.45. The van der Waals surface area contributed by atoms with Crippen LogP contribution in [0.3, 0.4) is 0 Å². The van der Waals surface area contributed by atoms with Gasteiger partial charge in [0.1, 0.15) is 0 Å². The van der Waals surface area contributed by atoms with Crippen molar-refractivity contribution < 1.29 is 9.90 Å². The molecule has 0 saturated carbocycles. The van der Waals surface area contributed by atoms with E-state index in [1.807, 2.05) is 0 Å². The molecule has 1 aromatic rings. The lowest BCUT2D eigenvalue weighted by Crippen LogP contribution is -1.93. The van der Waals surface area contributed by atoms with Crippen LogP contribution in [0.5, 0.6) is 0 Å². The first-order valence-electron chi connectivity index (χ1n) is 5.69. The molecule has 0 aliphatic heterocycles. The molecule has 0 radical (unpaired) electrons. The molecule has 0 aromatic carbocycles. The van der Waals surface area contributed by atoms with Crippen molar-refractivity contribution in [3.05, 3.63) is 24.8 Å². The van der Waals surface area contributed by atoms with Gasteiger partial charge in [-0.1, -0.05) is 32.6 Å². The lowest BCUT2D eigenvalue weighted by atomic mass is 10.1. The van der Waals surface area contributed by atoms with Crippen molar-refractivity contribution in [3.8, 4) is 0 Å². The molecule has 1 N–H and O–H groups in total. The summed E-state index contributed by atoms with van der Waals surface area (Å²) >= 11 is 0. The third kappa shape index (κ3) is 12.6. The minimum Gasteiger partial charge on any atom is -0.481 e. The van der Waals surface area contributed by atoms with Crippen LogP contribution in [0.2, 0.25) is 0 Å². The fraction of sp³-hybridized carbons (Fsp3) is 0.583. The second kappa shape index (κ2) is 11.6. The highest BCUT2D eigenvalue weighted by molar-refractivity contribution is 5.66. The predicted octanol–water partition coefficient (Wildman–Crippen LogP) is 2.91. The molecule has 0 amide bonds. The van der Waals surface area contributed by atoms with E-state index in [1.165, 1.54) is 19.3 Å². The van der Waals surface area contributed by atoms with E-state index in [0.29, 0.717) is 6.42 Å². The zero-order valence-electron chi connectivity index (χ0n) is 9.80. The van der Waals surface area contributed by atoms with Crippen LogP contribution in [-0.4, -0.2) is 21.0 Å². The largest absolute Gasteiger partial charge is 0.481 e. The number of aliphatic carboxylic acids is 1. The van der Waals surface area contributed by atoms with Crippen molar-refractivity contribution in [2.45, 2.75) is 45.4 Å². The Morgan fingerprint density at radius 2 is 1.50 bits per heavy atom. The van der Waals surface area contributed by atoms with E-state index in [0.717, 1.165) is 12.8 Å². The summed E-state index contributed by atoms with van der Waals surface area (Å²) in [6, 6.07) is 0. The van der Waals surface area contributed by atoms with Gasteiger partial charge in [0.2, 0.25) is 0 Å². The second-order valence-corrected chi connectivity index (χ2v) is 3.45. The number of hydrogen-bond acceptors (Lipinski definition) is 3. The maximum atomic E-state index is 10.0. The average Bonchev–Trinajstić information content (AvgIpc) is 2.31.